The van der Waals surface area contributed by atoms with Gasteiger partial charge in [-0.05, 0) is 30.9 Å². The third-order valence-electron chi connectivity index (χ3n) is 5.71. The van der Waals surface area contributed by atoms with Gasteiger partial charge in [-0.25, -0.2) is 4.99 Å². The van der Waals surface area contributed by atoms with Crippen molar-refractivity contribution < 1.29 is 0 Å². The second kappa shape index (κ2) is 11.8. The molecule has 0 aliphatic carbocycles. The highest BCUT2D eigenvalue weighted by molar-refractivity contribution is 14.0. The summed E-state index contributed by atoms with van der Waals surface area (Å²) in [5.41, 5.74) is 2.71. The lowest BCUT2D eigenvalue weighted by atomic mass is 10.1. The van der Waals surface area contributed by atoms with Crippen LogP contribution in [0.25, 0.3) is 0 Å². The van der Waals surface area contributed by atoms with Crippen LogP contribution in [0.3, 0.4) is 0 Å². The fourth-order valence-electron chi connectivity index (χ4n) is 3.77. The number of nitrogens with zero attached hydrogens (tertiary/aromatic N) is 6. The number of benzene rings is 1. The van der Waals surface area contributed by atoms with Gasteiger partial charge in [0.2, 0.25) is 0 Å². The molecule has 1 fully saturated rings. The van der Waals surface area contributed by atoms with Gasteiger partial charge in [0.25, 0.3) is 0 Å². The molecule has 0 bridgehead atoms. The number of piperazine rings is 1. The van der Waals surface area contributed by atoms with E-state index in [1.807, 2.05) is 18.5 Å². The molecule has 9 heteroatoms. The lowest BCUT2D eigenvalue weighted by Crippen LogP contribution is -2.52. The van der Waals surface area contributed by atoms with E-state index in [0.29, 0.717) is 6.54 Å². The van der Waals surface area contributed by atoms with Crippen LogP contribution in [-0.4, -0.2) is 56.7 Å². The van der Waals surface area contributed by atoms with Crippen LogP contribution in [0, 0.1) is 13.8 Å². The first-order valence-electron chi connectivity index (χ1n) is 10.8. The van der Waals surface area contributed by atoms with Crippen molar-refractivity contribution in [2.75, 3.05) is 26.2 Å². The van der Waals surface area contributed by atoms with Gasteiger partial charge >= 0.3 is 0 Å². The second-order valence-corrected chi connectivity index (χ2v) is 9.08. The molecular weight excluding hydrogens is 533 g/mol. The Bertz CT molecular complexity index is 1010. The maximum atomic E-state index is 4.91. The molecule has 0 saturated carbocycles. The molecule has 0 unspecified atom stereocenters. The van der Waals surface area contributed by atoms with Crippen LogP contribution < -0.4 is 5.32 Å². The molecule has 0 amide bonds. The molecule has 1 aliphatic rings. The molecule has 0 spiro atoms. The minimum atomic E-state index is 0. The number of nitrogens with one attached hydrogen (secondary N) is 1. The number of halogens is 1. The van der Waals surface area contributed by atoms with E-state index in [4.69, 9.17) is 4.99 Å². The van der Waals surface area contributed by atoms with Crippen LogP contribution in [-0.2, 0) is 26.7 Å². The molecular formula is C23H32IN7S. The molecule has 2 aromatic heterocycles. The van der Waals surface area contributed by atoms with Crippen molar-refractivity contribution >= 4 is 41.3 Å². The minimum absolute atomic E-state index is 0. The Balaban J connectivity index is 0.00000289. The maximum Gasteiger partial charge on any atom is 0.194 e. The number of aromatic nitrogens is 3. The van der Waals surface area contributed by atoms with Gasteiger partial charge in [0.05, 0.1) is 6.54 Å². The summed E-state index contributed by atoms with van der Waals surface area (Å²) in [7, 11) is 1.99. The lowest BCUT2D eigenvalue weighted by Gasteiger charge is -2.36. The molecule has 0 radical (unpaired) electrons. The monoisotopic (exact) mass is 565 g/mol. The van der Waals surface area contributed by atoms with Gasteiger partial charge in [-0.2, -0.15) is 0 Å². The summed E-state index contributed by atoms with van der Waals surface area (Å²) in [6.45, 7) is 10.4. The molecule has 1 aliphatic heterocycles. The number of aliphatic imine (C=N–C) groups is 1. The Morgan fingerprint density at radius 2 is 1.91 bits per heavy atom. The van der Waals surface area contributed by atoms with Crippen molar-refractivity contribution in [3.8, 4) is 0 Å². The van der Waals surface area contributed by atoms with E-state index in [-0.39, 0.29) is 24.0 Å². The quantitative estimate of drug-likeness (QED) is 0.282. The van der Waals surface area contributed by atoms with E-state index < -0.39 is 0 Å². The van der Waals surface area contributed by atoms with Crippen LogP contribution >= 0.6 is 35.3 Å². The molecule has 4 rings (SSSR count). The standard InChI is InChI=1S/C23H31N7S.HI/c1-18-6-4-7-20(14-18)17-29-9-11-30(12-10-29)23(24-15-21-8-5-13-31-21)25-16-22-27-26-19(2)28(22)3;/h4-8,13-14H,9-12,15-17H2,1-3H3,(H,24,25);1H. The maximum absolute atomic E-state index is 4.91. The van der Waals surface area contributed by atoms with Gasteiger partial charge in [0.15, 0.2) is 11.8 Å². The Kier molecular flexibility index (Phi) is 9.06. The van der Waals surface area contributed by atoms with Gasteiger partial charge in [0.1, 0.15) is 12.4 Å². The Hall–Kier alpha value is -1.98. The highest BCUT2D eigenvalue weighted by atomic mass is 127. The first-order chi connectivity index (χ1) is 15.1. The number of hydrogen-bond donors (Lipinski definition) is 1. The van der Waals surface area contributed by atoms with E-state index in [1.165, 1.54) is 16.0 Å². The molecule has 3 heterocycles. The highest BCUT2D eigenvalue weighted by Crippen LogP contribution is 2.12. The topological polar surface area (TPSA) is 61.6 Å². The van der Waals surface area contributed by atoms with E-state index in [1.54, 1.807) is 11.3 Å². The SMILES string of the molecule is Cc1cccc(CN2CCN(C(=NCc3nnc(C)n3C)NCc3cccs3)CC2)c1.I. The number of rotatable bonds is 6. The van der Waals surface area contributed by atoms with Crippen LogP contribution in [0.15, 0.2) is 46.8 Å². The fraction of sp³-hybridized carbons (Fsp3) is 0.435. The van der Waals surface area contributed by atoms with Crippen LogP contribution in [0.4, 0.5) is 0 Å². The Labute approximate surface area is 211 Å². The van der Waals surface area contributed by atoms with Crippen molar-refractivity contribution in [1.82, 2.24) is 29.9 Å². The van der Waals surface area contributed by atoms with E-state index in [9.17, 15) is 0 Å². The summed E-state index contributed by atoms with van der Waals surface area (Å²) in [4.78, 5) is 11.1. The Morgan fingerprint density at radius 1 is 1.09 bits per heavy atom. The van der Waals surface area contributed by atoms with Gasteiger partial charge in [-0.15, -0.1) is 45.5 Å². The predicted octanol–water partition coefficient (Wildman–Crippen LogP) is 3.58. The van der Waals surface area contributed by atoms with Gasteiger partial charge in [-0.3, -0.25) is 4.90 Å². The van der Waals surface area contributed by atoms with Gasteiger partial charge in [-0.1, -0.05) is 35.9 Å². The zero-order valence-electron chi connectivity index (χ0n) is 19.0. The normalized spacial score (nSPS) is 15.0. The molecule has 1 N–H and O–H groups in total. The van der Waals surface area contributed by atoms with E-state index in [2.05, 4.69) is 74.0 Å². The third kappa shape index (κ3) is 6.52. The molecule has 1 aromatic carbocycles. The number of hydrogen-bond acceptors (Lipinski definition) is 5. The number of thiophene rings is 1. The van der Waals surface area contributed by atoms with Crippen molar-refractivity contribution in [3.05, 3.63) is 69.4 Å². The number of guanidine groups is 1. The summed E-state index contributed by atoms with van der Waals surface area (Å²) in [5, 5.41) is 14.1. The van der Waals surface area contributed by atoms with Crippen molar-refractivity contribution in [2.24, 2.45) is 12.0 Å². The van der Waals surface area contributed by atoms with Crippen molar-refractivity contribution in [3.63, 3.8) is 0 Å². The summed E-state index contributed by atoms with van der Waals surface area (Å²) in [6, 6.07) is 13.0. The van der Waals surface area contributed by atoms with Crippen LogP contribution in [0.2, 0.25) is 0 Å². The average molecular weight is 566 g/mol. The minimum Gasteiger partial charge on any atom is -0.351 e. The summed E-state index contributed by atoms with van der Waals surface area (Å²) < 4.78 is 2.00. The second-order valence-electron chi connectivity index (χ2n) is 8.05. The average Bonchev–Trinajstić information content (AvgIpc) is 3.40. The fourth-order valence-corrected chi connectivity index (χ4v) is 4.41. The number of aryl methyl sites for hydroxylation is 2. The smallest absolute Gasteiger partial charge is 0.194 e. The summed E-state index contributed by atoms with van der Waals surface area (Å²) in [6.07, 6.45) is 0. The van der Waals surface area contributed by atoms with Crippen molar-refractivity contribution in [2.45, 2.75) is 33.5 Å². The molecule has 7 nitrogen and oxygen atoms in total. The van der Waals surface area contributed by atoms with Crippen molar-refractivity contribution in [1.29, 1.82) is 0 Å². The molecule has 1 saturated heterocycles. The Morgan fingerprint density at radius 3 is 2.56 bits per heavy atom. The highest BCUT2D eigenvalue weighted by Gasteiger charge is 2.20. The zero-order valence-corrected chi connectivity index (χ0v) is 22.1. The van der Waals surface area contributed by atoms with Crippen LogP contribution in [0.5, 0.6) is 0 Å². The third-order valence-corrected chi connectivity index (χ3v) is 6.59. The molecule has 3 aromatic rings. The van der Waals surface area contributed by atoms with E-state index >= 15 is 0 Å². The summed E-state index contributed by atoms with van der Waals surface area (Å²) >= 11 is 1.76. The van der Waals surface area contributed by atoms with Gasteiger partial charge < -0.3 is 14.8 Å². The molecule has 0 atom stereocenters. The van der Waals surface area contributed by atoms with Gasteiger partial charge in [0, 0.05) is 44.6 Å². The van der Waals surface area contributed by atoms with Crippen LogP contribution in [0.1, 0.15) is 27.7 Å². The first-order valence-corrected chi connectivity index (χ1v) is 11.6. The zero-order chi connectivity index (χ0) is 21.6. The molecule has 32 heavy (non-hydrogen) atoms. The molecule has 172 valence electrons. The largest absolute Gasteiger partial charge is 0.351 e. The lowest BCUT2D eigenvalue weighted by molar-refractivity contribution is 0.172. The van der Waals surface area contributed by atoms with E-state index in [0.717, 1.165) is 56.9 Å². The predicted molar refractivity (Wildman–Crippen MR) is 141 cm³/mol. The first kappa shape index (κ1) is 24.7. The summed E-state index contributed by atoms with van der Waals surface area (Å²) in [5.74, 6) is 2.73.